The zero-order valence-corrected chi connectivity index (χ0v) is 33.9. The lowest BCUT2D eigenvalue weighted by Crippen LogP contribution is -1.90. The Kier molecular flexibility index (Phi) is 7.71. The van der Waals surface area contributed by atoms with Gasteiger partial charge in [0.15, 0.2) is 0 Å². The van der Waals surface area contributed by atoms with Crippen molar-refractivity contribution in [1.82, 2.24) is 0 Å². The van der Waals surface area contributed by atoms with Crippen LogP contribution in [-0.2, 0) is 0 Å². The third kappa shape index (κ3) is 5.54. The Morgan fingerprint density at radius 2 is 0.581 bits per heavy atom. The Hall–Kier alpha value is -8.06. The van der Waals surface area contributed by atoms with Crippen molar-refractivity contribution in [2.75, 3.05) is 0 Å². The fourth-order valence-corrected chi connectivity index (χ4v) is 10.3. The summed E-state index contributed by atoms with van der Waals surface area (Å²) in [5, 5.41) is 20.3. The summed E-state index contributed by atoms with van der Waals surface area (Å²) in [4.78, 5) is 0. The standard InChI is InChI=1S/C62H38/c1-4-15-52-39(10-1)20-23-47-32-41(26-29-55(47)52)43-28-31-57-51(34-43)36-49-25-22-44(42-27-30-56-48(33-42)24-21-40-11-2-5-16-53(40)56)37-61(49)62(57)50-14-9-13-45(35-50)60-38-46-12-3-6-17-54(46)58-18-7-8-19-59(58)60/h1-38H. The summed E-state index contributed by atoms with van der Waals surface area (Å²) in [6.45, 7) is 0. The van der Waals surface area contributed by atoms with E-state index in [-0.39, 0.29) is 0 Å². The summed E-state index contributed by atoms with van der Waals surface area (Å²) in [5.41, 5.74) is 9.81. The van der Waals surface area contributed by atoms with Gasteiger partial charge in [0.2, 0.25) is 0 Å². The van der Waals surface area contributed by atoms with Crippen molar-refractivity contribution in [1.29, 1.82) is 0 Å². The highest BCUT2D eigenvalue weighted by Crippen LogP contribution is 2.43. The van der Waals surface area contributed by atoms with Crippen LogP contribution in [0.2, 0.25) is 0 Å². The predicted octanol–water partition coefficient (Wildman–Crippen LogP) is 17.6. The molecule has 0 saturated heterocycles. The minimum Gasteiger partial charge on any atom is -0.0616 e. The molecule has 0 radical (unpaired) electrons. The summed E-state index contributed by atoms with van der Waals surface area (Å²) in [5.74, 6) is 0. The zero-order chi connectivity index (χ0) is 40.7. The zero-order valence-electron chi connectivity index (χ0n) is 33.9. The number of hydrogen-bond acceptors (Lipinski definition) is 0. The lowest BCUT2D eigenvalue weighted by Gasteiger charge is -2.17. The van der Waals surface area contributed by atoms with Crippen LogP contribution in [0.3, 0.4) is 0 Å². The van der Waals surface area contributed by atoms with Crippen molar-refractivity contribution in [3.8, 4) is 44.5 Å². The van der Waals surface area contributed by atoms with E-state index in [0.29, 0.717) is 0 Å². The second kappa shape index (κ2) is 13.7. The fraction of sp³-hybridized carbons (Fsp3) is 0. The molecule has 62 heavy (non-hydrogen) atoms. The van der Waals surface area contributed by atoms with Gasteiger partial charge in [-0.25, -0.2) is 0 Å². The Bertz CT molecular complexity index is 3980. The smallest absolute Gasteiger partial charge is 0.00264 e. The summed E-state index contributed by atoms with van der Waals surface area (Å²) >= 11 is 0. The van der Waals surface area contributed by atoms with Gasteiger partial charge in [-0.2, -0.15) is 0 Å². The molecule has 13 aromatic carbocycles. The third-order valence-corrected chi connectivity index (χ3v) is 13.3. The summed E-state index contributed by atoms with van der Waals surface area (Å²) in [6, 6.07) is 85.9. The molecule has 0 unspecified atom stereocenters. The third-order valence-electron chi connectivity index (χ3n) is 13.3. The molecule has 286 valence electrons. The monoisotopic (exact) mass is 782 g/mol. The van der Waals surface area contributed by atoms with Crippen LogP contribution in [0, 0.1) is 0 Å². The number of fused-ring (bicyclic) bond motifs is 11. The fourth-order valence-electron chi connectivity index (χ4n) is 10.3. The van der Waals surface area contributed by atoms with Gasteiger partial charge in [0.05, 0.1) is 0 Å². The second-order valence-electron chi connectivity index (χ2n) is 16.8. The van der Waals surface area contributed by atoms with E-state index in [9.17, 15) is 0 Å². The van der Waals surface area contributed by atoms with Gasteiger partial charge in [0.25, 0.3) is 0 Å². The van der Waals surface area contributed by atoms with Gasteiger partial charge >= 0.3 is 0 Å². The van der Waals surface area contributed by atoms with Crippen LogP contribution in [0.25, 0.3) is 131 Å². The maximum absolute atomic E-state index is 2.42. The first-order valence-electron chi connectivity index (χ1n) is 21.6. The maximum atomic E-state index is 2.42. The predicted molar refractivity (Wildman–Crippen MR) is 268 cm³/mol. The van der Waals surface area contributed by atoms with Crippen LogP contribution in [0.4, 0.5) is 0 Å². The van der Waals surface area contributed by atoms with Crippen LogP contribution in [0.5, 0.6) is 0 Å². The molecule has 0 aliphatic rings. The van der Waals surface area contributed by atoms with Gasteiger partial charge in [-0.05, 0) is 173 Å². The number of rotatable bonds is 4. The average molecular weight is 783 g/mol. The molecule has 13 rings (SSSR count). The van der Waals surface area contributed by atoms with E-state index >= 15 is 0 Å². The largest absolute Gasteiger partial charge is 0.0616 e. The van der Waals surface area contributed by atoms with Crippen LogP contribution < -0.4 is 0 Å². The first kappa shape index (κ1) is 34.8. The minimum absolute atomic E-state index is 1.21. The molecule has 0 aliphatic carbocycles. The van der Waals surface area contributed by atoms with E-state index in [2.05, 4.69) is 231 Å². The van der Waals surface area contributed by atoms with Crippen molar-refractivity contribution in [2.24, 2.45) is 0 Å². The molecule has 0 saturated carbocycles. The van der Waals surface area contributed by atoms with E-state index in [4.69, 9.17) is 0 Å². The lowest BCUT2D eigenvalue weighted by atomic mass is 9.87. The Labute approximate surface area is 359 Å². The van der Waals surface area contributed by atoms with Crippen molar-refractivity contribution in [3.63, 3.8) is 0 Å². The summed E-state index contributed by atoms with van der Waals surface area (Å²) in [6.07, 6.45) is 0. The van der Waals surface area contributed by atoms with Crippen LogP contribution in [-0.4, -0.2) is 0 Å². The molecule has 0 heteroatoms. The molecular weight excluding hydrogens is 745 g/mol. The van der Waals surface area contributed by atoms with E-state index in [0.717, 1.165) is 0 Å². The first-order chi connectivity index (χ1) is 30.7. The molecule has 0 aliphatic heterocycles. The van der Waals surface area contributed by atoms with Crippen LogP contribution in [0.15, 0.2) is 231 Å². The van der Waals surface area contributed by atoms with Crippen LogP contribution in [0.1, 0.15) is 0 Å². The SMILES string of the molecule is c1cc(-c2c3ccc(-c4ccc5c(ccc6ccccc65)c4)cc3cc3ccc(-c4ccc5c(ccc6ccccc65)c4)cc23)cc(-c2cc3ccccc3c3ccccc23)c1. The van der Waals surface area contributed by atoms with Gasteiger partial charge in [-0.3, -0.25) is 0 Å². The minimum atomic E-state index is 1.21. The van der Waals surface area contributed by atoms with E-state index < -0.39 is 0 Å². The molecule has 0 amide bonds. The highest BCUT2D eigenvalue weighted by atomic mass is 14.2. The van der Waals surface area contributed by atoms with Crippen molar-refractivity contribution < 1.29 is 0 Å². The van der Waals surface area contributed by atoms with Gasteiger partial charge < -0.3 is 0 Å². The van der Waals surface area contributed by atoms with Gasteiger partial charge in [0.1, 0.15) is 0 Å². The molecule has 0 nitrogen and oxygen atoms in total. The van der Waals surface area contributed by atoms with E-state index in [1.165, 1.54) is 131 Å². The van der Waals surface area contributed by atoms with Crippen LogP contribution >= 0.6 is 0 Å². The van der Waals surface area contributed by atoms with Crippen molar-refractivity contribution >= 4 is 86.2 Å². The first-order valence-corrected chi connectivity index (χ1v) is 21.6. The highest BCUT2D eigenvalue weighted by Gasteiger charge is 2.16. The molecule has 0 aromatic heterocycles. The topological polar surface area (TPSA) is 0 Å². The molecule has 0 atom stereocenters. The summed E-state index contributed by atoms with van der Waals surface area (Å²) < 4.78 is 0. The number of hydrogen-bond donors (Lipinski definition) is 0. The molecule has 0 fully saturated rings. The molecule has 0 bridgehead atoms. The Morgan fingerprint density at radius 1 is 0.161 bits per heavy atom. The van der Waals surface area contributed by atoms with Crippen molar-refractivity contribution in [2.45, 2.75) is 0 Å². The van der Waals surface area contributed by atoms with Gasteiger partial charge in [-0.1, -0.05) is 188 Å². The van der Waals surface area contributed by atoms with Crippen molar-refractivity contribution in [3.05, 3.63) is 231 Å². The summed E-state index contributed by atoms with van der Waals surface area (Å²) in [7, 11) is 0. The lowest BCUT2D eigenvalue weighted by molar-refractivity contribution is 1.63. The van der Waals surface area contributed by atoms with E-state index in [1.54, 1.807) is 0 Å². The Morgan fingerprint density at radius 3 is 1.24 bits per heavy atom. The van der Waals surface area contributed by atoms with E-state index in [1.807, 2.05) is 0 Å². The molecule has 0 heterocycles. The molecule has 13 aromatic rings. The normalized spacial score (nSPS) is 11.9. The highest BCUT2D eigenvalue weighted by molar-refractivity contribution is 6.17. The Balaban J connectivity index is 1.02. The molecule has 0 N–H and O–H groups in total. The average Bonchev–Trinajstić information content (AvgIpc) is 3.34. The number of benzene rings is 13. The quantitative estimate of drug-likeness (QED) is 0.123. The van der Waals surface area contributed by atoms with Gasteiger partial charge in [-0.15, -0.1) is 0 Å². The second-order valence-corrected chi connectivity index (χ2v) is 16.8. The molecule has 0 spiro atoms. The van der Waals surface area contributed by atoms with Gasteiger partial charge in [0, 0.05) is 0 Å². The maximum Gasteiger partial charge on any atom is -0.00264 e. The molecular formula is C62H38.